The lowest BCUT2D eigenvalue weighted by Crippen LogP contribution is -2.18. The van der Waals surface area contributed by atoms with Crippen molar-refractivity contribution in [1.82, 2.24) is 0 Å². The molecule has 0 bridgehead atoms. The Morgan fingerprint density at radius 1 is 1.44 bits per heavy atom. The fourth-order valence-electron chi connectivity index (χ4n) is 2.17. The van der Waals surface area contributed by atoms with Crippen molar-refractivity contribution in [2.24, 2.45) is 11.7 Å². The van der Waals surface area contributed by atoms with Gasteiger partial charge in [-0.2, -0.15) is 0 Å². The van der Waals surface area contributed by atoms with Crippen LogP contribution < -0.4 is 5.73 Å². The predicted octanol–water partition coefficient (Wildman–Crippen LogP) is 2.90. The van der Waals surface area contributed by atoms with Crippen molar-refractivity contribution in [3.63, 3.8) is 0 Å². The first-order chi connectivity index (χ1) is 7.59. The topological polar surface area (TPSA) is 43.1 Å². The highest BCUT2D eigenvalue weighted by Crippen LogP contribution is 2.29. The van der Waals surface area contributed by atoms with Crippen molar-refractivity contribution >= 4 is 21.7 Å². The average molecular weight is 286 g/mol. The van der Waals surface area contributed by atoms with Gasteiger partial charge in [-0.25, -0.2) is 4.39 Å². The first-order valence-corrected chi connectivity index (χ1v) is 6.12. The quantitative estimate of drug-likeness (QED) is 0.849. The predicted molar refractivity (Wildman–Crippen MR) is 63.7 cm³/mol. The van der Waals surface area contributed by atoms with Crippen LogP contribution in [0.2, 0.25) is 0 Å². The van der Waals surface area contributed by atoms with Gasteiger partial charge in [-0.1, -0.05) is 6.07 Å². The molecule has 86 valence electrons. The molecule has 2 N–H and O–H groups in total. The van der Waals surface area contributed by atoms with E-state index in [2.05, 4.69) is 15.9 Å². The van der Waals surface area contributed by atoms with Crippen LogP contribution in [0.25, 0.3) is 0 Å². The summed E-state index contributed by atoms with van der Waals surface area (Å²) in [5.41, 5.74) is 5.93. The number of carbonyl (C=O) groups excluding carboxylic acids is 1. The maximum Gasteiger partial charge on any atom is 0.168 e. The molecule has 0 amide bonds. The van der Waals surface area contributed by atoms with Crippen molar-refractivity contribution < 1.29 is 9.18 Å². The van der Waals surface area contributed by atoms with E-state index in [1.54, 1.807) is 12.1 Å². The number of nitrogens with two attached hydrogens (primary N) is 1. The van der Waals surface area contributed by atoms with E-state index in [0.29, 0.717) is 10.9 Å². The molecule has 0 saturated heterocycles. The highest BCUT2D eigenvalue weighted by molar-refractivity contribution is 9.10. The molecule has 16 heavy (non-hydrogen) atoms. The van der Waals surface area contributed by atoms with Crippen LogP contribution in [0, 0.1) is 11.7 Å². The van der Waals surface area contributed by atoms with E-state index in [9.17, 15) is 9.18 Å². The van der Waals surface area contributed by atoms with Crippen LogP contribution in [0.4, 0.5) is 4.39 Å². The summed E-state index contributed by atoms with van der Waals surface area (Å²) >= 11 is 3.08. The lowest BCUT2D eigenvalue weighted by atomic mass is 9.96. The number of benzene rings is 1. The zero-order chi connectivity index (χ0) is 11.7. The third kappa shape index (κ3) is 2.18. The Kier molecular flexibility index (Phi) is 3.40. The Labute approximate surface area is 102 Å². The summed E-state index contributed by atoms with van der Waals surface area (Å²) in [6, 6.07) is 4.89. The van der Waals surface area contributed by atoms with Crippen LogP contribution in [0.1, 0.15) is 29.6 Å². The molecule has 0 heterocycles. The molecule has 1 saturated carbocycles. The summed E-state index contributed by atoms with van der Waals surface area (Å²) in [5.74, 6) is -0.696. The molecule has 0 aliphatic heterocycles. The minimum absolute atomic E-state index is 0.0872. The number of carbonyl (C=O) groups is 1. The van der Waals surface area contributed by atoms with Crippen molar-refractivity contribution in [3.05, 3.63) is 34.1 Å². The number of hydrogen-bond acceptors (Lipinski definition) is 2. The summed E-state index contributed by atoms with van der Waals surface area (Å²) in [7, 11) is 0. The number of ketones is 1. The molecule has 1 fully saturated rings. The summed E-state index contributed by atoms with van der Waals surface area (Å²) < 4.78 is 14.0. The molecule has 0 radical (unpaired) electrons. The molecule has 1 aromatic rings. The third-order valence-electron chi connectivity index (χ3n) is 3.06. The van der Waals surface area contributed by atoms with Gasteiger partial charge in [0.15, 0.2) is 5.78 Å². The van der Waals surface area contributed by atoms with Crippen LogP contribution in [0.15, 0.2) is 22.7 Å². The molecule has 0 spiro atoms. The minimum atomic E-state index is -0.465. The van der Waals surface area contributed by atoms with Crippen molar-refractivity contribution in [2.45, 2.75) is 25.3 Å². The largest absolute Gasteiger partial charge is 0.328 e. The second-order valence-corrected chi connectivity index (χ2v) is 5.09. The van der Waals surface area contributed by atoms with Gasteiger partial charge in [0.05, 0.1) is 10.0 Å². The van der Waals surface area contributed by atoms with Gasteiger partial charge in [0, 0.05) is 12.0 Å². The standard InChI is InChI=1S/C12H13BrFNO/c13-10-3-1-2-9(11(10)14)12(16)7-4-5-8(15)6-7/h1-3,7-8H,4-6,15H2. The Bertz CT molecular complexity index is 421. The molecular formula is C12H13BrFNO. The van der Waals surface area contributed by atoms with E-state index >= 15 is 0 Å². The smallest absolute Gasteiger partial charge is 0.168 e. The SMILES string of the molecule is NC1CCC(C(=O)c2cccc(Br)c2F)C1. The van der Waals surface area contributed by atoms with Gasteiger partial charge in [0.1, 0.15) is 5.82 Å². The summed E-state index contributed by atoms with van der Waals surface area (Å²) in [5, 5.41) is 0. The summed E-state index contributed by atoms with van der Waals surface area (Å²) in [4.78, 5) is 12.0. The van der Waals surface area contributed by atoms with Gasteiger partial charge in [-0.05, 0) is 47.3 Å². The fourth-order valence-corrected chi connectivity index (χ4v) is 2.53. The van der Waals surface area contributed by atoms with Crippen molar-refractivity contribution in [3.8, 4) is 0 Å². The van der Waals surface area contributed by atoms with E-state index in [1.165, 1.54) is 6.07 Å². The normalized spacial score (nSPS) is 24.7. The average Bonchev–Trinajstić information content (AvgIpc) is 2.68. The van der Waals surface area contributed by atoms with Crippen LogP contribution in [-0.4, -0.2) is 11.8 Å². The number of rotatable bonds is 2. The molecule has 0 aromatic heterocycles. The van der Waals surface area contributed by atoms with Gasteiger partial charge < -0.3 is 5.73 Å². The van der Waals surface area contributed by atoms with E-state index < -0.39 is 5.82 Å². The van der Waals surface area contributed by atoms with E-state index in [-0.39, 0.29) is 23.3 Å². The molecular weight excluding hydrogens is 273 g/mol. The van der Waals surface area contributed by atoms with Crippen LogP contribution in [-0.2, 0) is 0 Å². The van der Waals surface area contributed by atoms with E-state index in [1.807, 2.05) is 0 Å². The molecule has 2 rings (SSSR count). The molecule has 4 heteroatoms. The van der Waals surface area contributed by atoms with Crippen molar-refractivity contribution in [1.29, 1.82) is 0 Å². The lowest BCUT2D eigenvalue weighted by molar-refractivity contribution is 0.0917. The number of Topliss-reactive ketones (excluding diaryl/α,β-unsaturated/α-hetero) is 1. The zero-order valence-electron chi connectivity index (χ0n) is 8.75. The first-order valence-electron chi connectivity index (χ1n) is 5.33. The second kappa shape index (κ2) is 4.63. The molecule has 1 aliphatic rings. The first kappa shape index (κ1) is 11.7. The Balaban J connectivity index is 2.24. The van der Waals surface area contributed by atoms with Gasteiger partial charge >= 0.3 is 0 Å². The Morgan fingerprint density at radius 2 is 2.19 bits per heavy atom. The van der Waals surface area contributed by atoms with Crippen LogP contribution in [0.3, 0.4) is 0 Å². The minimum Gasteiger partial charge on any atom is -0.328 e. The zero-order valence-corrected chi connectivity index (χ0v) is 10.3. The van der Waals surface area contributed by atoms with Gasteiger partial charge in [0.2, 0.25) is 0 Å². The van der Waals surface area contributed by atoms with Gasteiger partial charge in [0.25, 0.3) is 0 Å². The lowest BCUT2D eigenvalue weighted by Gasteiger charge is -2.09. The number of hydrogen-bond donors (Lipinski definition) is 1. The highest BCUT2D eigenvalue weighted by Gasteiger charge is 2.30. The van der Waals surface area contributed by atoms with Crippen LogP contribution >= 0.6 is 15.9 Å². The summed E-state index contributed by atoms with van der Waals surface area (Å²) in [6.07, 6.45) is 2.29. The summed E-state index contributed by atoms with van der Waals surface area (Å²) in [6.45, 7) is 0. The third-order valence-corrected chi connectivity index (χ3v) is 3.67. The number of halogens is 2. The maximum absolute atomic E-state index is 13.7. The van der Waals surface area contributed by atoms with E-state index in [0.717, 1.165) is 12.8 Å². The Morgan fingerprint density at radius 3 is 2.81 bits per heavy atom. The second-order valence-electron chi connectivity index (χ2n) is 4.24. The molecule has 1 aromatic carbocycles. The monoisotopic (exact) mass is 285 g/mol. The molecule has 2 nitrogen and oxygen atoms in total. The molecule has 1 aliphatic carbocycles. The fraction of sp³-hybridized carbons (Fsp3) is 0.417. The van der Waals surface area contributed by atoms with Gasteiger partial charge in [-0.3, -0.25) is 4.79 Å². The Hall–Kier alpha value is -0.740. The molecule has 2 atom stereocenters. The van der Waals surface area contributed by atoms with E-state index in [4.69, 9.17) is 5.73 Å². The highest BCUT2D eigenvalue weighted by atomic mass is 79.9. The van der Waals surface area contributed by atoms with Crippen LogP contribution in [0.5, 0.6) is 0 Å². The maximum atomic E-state index is 13.7. The molecule has 2 unspecified atom stereocenters. The van der Waals surface area contributed by atoms with Crippen molar-refractivity contribution in [2.75, 3.05) is 0 Å². The van der Waals surface area contributed by atoms with Gasteiger partial charge in [-0.15, -0.1) is 0 Å².